The molecule has 0 aliphatic carbocycles. The Morgan fingerprint density at radius 1 is 1.27 bits per heavy atom. The Kier molecular flexibility index (Phi) is 6.24. The Bertz CT molecular complexity index is 477. The summed E-state index contributed by atoms with van der Waals surface area (Å²) >= 11 is 0. The highest BCUT2D eigenvalue weighted by Crippen LogP contribution is 2.33. The average molecular weight is 325 g/mol. The van der Waals surface area contributed by atoms with Gasteiger partial charge in [0, 0.05) is 38.6 Å². The minimum Gasteiger partial charge on any atom is -0.381 e. The molecule has 122 valence electrons. The van der Waals surface area contributed by atoms with Gasteiger partial charge in [-0.3, -0.25) is 4.79 Å². The number of benzene rings is 1. The standard InChI is InChI=1S/C17H24N2O2.ClH/c18-9-15-10-19(17(20)8-13-6-7-21-12-13)11-16(15)14-4-2-1-3-5-14;/h1-5,13,15-16H,6-12,18H2;1H/t13?,15-,16+;/m1./s1. The lowest BCUT2D eigenvalue weighted by Gasteiger charge is -2.18. The van der Waals surface area contributed by atoms with Crippen LogP contribution in [0.3, 0.4) is 0 Å². The van der Waals surface area contributed by atoms with E-state index in [1.165, 1.54) is 5.56 Å². The van der Waals surface area contributed by atoms with E-state index in [0.29, 0.717) is 30.7 Å². The second kappa shape index (κ2) is 7.95. The first-order valence-electron chi connectivity index (χ1n) is 7.88. The minimum absolute atomic E-state index is 0. The number of hydrogen-bond acceptors (Lipinski definition) is 3. The number of halogens is 1. The molecule has 1 aromatic carbocycles. The molecule has 5 heteroatoms. The first-order chi connectivity index (χ1) is 10.3. The molecular weight excluding hydrogens is 300 g/mol. The van der Waals surface area contributed by atoms with Gasteiger partial charge in [-0.25, -0.2) is 0 Å². The summed E-state index contributed by atoms with van der Waals surface area (Å²) in [6.45, 7) is 3.77. The van der Waals surface area contributed by atoms with Crippen LogP contribution in [-0.4, -0.2) is 43.7 Å². The summed E-state index contributed by atoms with van der Waals surface area (Å²) in [5.74, 6) is 1.42. The molecule has 1 unspecified atom stereocenters. The van der Waals surface area contributed by atoms with Crippen molar-refractivity contribution in [3.05, 3.63) is 35.9 Å². The van der Waals surface area contributed by atoms with Gasteiger partial charge in [0.15, 0.2) is 0 Å². The maximum Gasteiger partial charge on any atom is 0.222 e. The normalized spacial score (nSPS) is 27.7. The number of rotatable bonds is 4. The predicted molar refractivity (Wildman–Crippen MR) is 89.1 cm³/mol. The van der Waals surface area contributed by atoms with Crippen molar-refractivity contribution < 1.29 is 9.53 Å². The highest BCUT2D eigenvalue weighted by molar-refractivity contribution is 5.85. The van der Waals surface area contributed by atoms with Gasteiger partial charge in [-0.2, -0.15) is 0 Å². The van der Waals surface area contributed by atoms with E-state index in [1.807, 2.05) is 11.0 Å². The van der Waals surface area contributed by atoms with E-state index in [9.17, 15) is 4.79 Å². The van der Waals surface area contributed by atoms with Crippen LogP contribution in [0, 0.1) is 11.8 Å². The number of likely N-dealkylation sites (tertiary alicyclic amines) is 1. The van der Waals surface area contributed by atoms with Gasteiger partial charge in [0.05, 0.1) is 0 Å². The fraction of sp³-hybridized carbons (Fsp3) is 0.588. The molecule has 1 amide bonds. The molecule has 0 aromatic heterocycles. The SMILES string of the molecule is Cl.NC[C@@H]1CN(C(=O)CC2CCOC2)C[C@H]1c1ccccc1. The molecule has 0 bridgehead atoms. The number of carbonyl (C=O) groups excluding carboxylic acids is 1. The van der Waals surface area contributed by atoms with Crippen molar-refractivity contribution in [2.75, 3.05) is 32.8 Å². The van der Waals surface area contributed by atoms with Crippen LogP contribution in [0.2, 0.25) is 0 Å². The third-order valence-electron chi connectivity index (χ3n) is 4.81. The van der Waals surface area contributed by atoms with Crippen LogP contribution in [0.5, 0.6) is 0 Å². The number of hydrogen-bond donors (Lipinski definition) is 1. The van der Waals surface area contributed by atoms with Crippen molar-refractivity contribution in [1.82, 2.24) is 4.90 Å². The second-order valence-corrected chi connectivity index (χ2v) is 6.25. The number of nitrogens with two attached hydrogens (primary N) is 1. The van der Waals surface area contributed by atoms with Gasteiger partial charge in [0.25, 0.3) is 0 Å². The molecule has 1 aromatic rings. The summed E-state index contributed by atoms with van der Waals surface area (Å²) in [4.78, 5) is 14.5. The quantitative estimate of drug-likeness (QED) is 0.922. The van der Waals surface area contributed by atoms with Crippen molar-refractivity contribution in [3.63, 3.8) is 0 Å². The molecule has 3 atom stereocenters. The first-order valence-corrected chi connectivity index (χ1v) is 7.88. The summed E-state index contributed by atoms with van der Waals surface area (Å²) < 4.78 is 5.36. The molecule has 2 N–H and O–H groups in total. The van der Waals surface area contributed by atoms with E-state index in [2.05, 4.69) is 24.3 Å². The van der Waals surface area contributed by atoms with Crippen molar-refractivity contribution in [2.24, 2.45) is 17.6 Å². The largest absolute Gasteiger partial charge is 0.381 e. The van der Waals surface area contributed by atoms with Crippen molar-refractivity contribution >= 4 is 18.3 Å². The molecule has 4 nitrogen and oxygen atoms in total. The van der Waals surface area contributed by atoms with Gasteiger partial charge in [0.1, 0.15) is 0 Å². The van der Waals surface area contributed by atoms with E-state index in [4.69, 9.17) is 10.5 Å². The van der Waals surface area contributed by atoms with Crippen LogP contribution in [0.25, 0.3) is 0 Å². The van der Waals surface area contributed by atoms with Crippen molar-refractivity contribution in [3.8, 4) is 0 Å². The molecule has 3 rings (SSSR count). The molecule has 0 radical (unpaired) electrons. The molecule has 2 aliphatic rings. The summed E-state index contributed by atoms with van der Waals surface area (Å²) in [5.41, 5.74) is 7.23. The highest BCUT2D eigenvalue weighted by atomic mass is 35.5. The van der Waals surface area contributed by atoms with Gasteiger partial charge >= 0.3 is 0 Å². The van der Waals surface area contributed by atoms with Crippen LogP contribution >= 0.6 is 12.4 Å². The fourth-order valence-electron chi connectivity index (χ4n) is 3.51. The average Bonchev–Trinajstić information content (AvgIpc) is 3.17. The zero-order chi connectivity index (χ0) is 14.7. The maximum atomic E-state index is 12.5. The topological polar surface area (TPSA) is 55.6 Å². The number of nitrogens with zero attached hydrogens (tertiary/aromatic N) is 1. The van der Waals surface area contributed by atoms with Gasteiger partial charge in [0.2, 0.25) is 5.91 Å². The summed E-state index contributed by atoms with van der Waals surface area (Å²) in [6.07, 6.45) is 1.64. The molecule has 0 spiro atoms. The molecule has 2 fully saturated rings. The van der Waals surface area contributed by atoms with Gasteiger partial charge < -0.3 is 15.4 Å². The second-order valence-electron chi connectivity index (χ2n) is 6.25. The van der Waals surface area contributed by atoms with Crippen LogP contribution in [0.15, 0.2) is 30.3 Å². The number of ether oxygens (including phenoxy) is 1. The van der Waals surface area contributed by atoms with E-state index in [1.54, 1.807) is 0 Å². The monoisotopic (exact) mass is 324 g/mol. The number of amides is 1. The van der Waals surface area contributed by atoms with E-state index in [-0.39, 0.29) is 18.3 Å². The minimum atomic E-state index is 0. The zero-order valence-electron chi connectivity index (χ0n) is 12.8. The molecule has 0 saturated carbocycles. The van der Waals surface area contributed by atoms with Crippen LogP contribution in [-0.2, 0) is 9.53 Å². The Morgan fingerprint density at radius 3 is 2.68 bits per heavy atom. The Morgan fingerprint density at radius 2 is 2.05 bits per heavy atom. The van der Waals surface area contributed by atoms with Crippen LogP contribution in [0.4, 0.5) is 0 Å². The Balaban J connectivity index is 0.00000176. The molecule has 2 heterocycles. The summed E-state index contributed by atoms with van der Waals surface area (Å²) in [7, 11) is 0. The zero-order valence-corrected chi connectivity index (χ0v) is 13.6. The van der Waals surface area contributed by atoms with Gasteiger partial charge in [-0.1, -0.05) is 30.3 Å². The third-order valence-corrected chi connectivity index (χ3v) is 4.81. The Labute approximate surface area is 138 Å². The smallest absolute Gasteiger partial charge is 0.222 e. The highest BCUT2D eigenvalue weighted by Gasteiger charge is 2.35. The summed E-state index contributed by atoms with van der Waals surface area (Å²) in [6, 6.07) is 10.4. The van der Waals surface area contributed by atoms with Gasteiger partial charge in [-0.05, 0) is 30.4 Å². The summed E-state index contributed by atoms with van der Waals surface area (Å²) in [5, 5.41) is 0. The molecule has 2 aliphatic heterocycles. The predicted octanol–water partition coefficient (Wildman–Crippen LogP) is 2.04. The number of carbonyl (C=O) groups is 1. The van der Waals surface area contributed by atoms with Crippen molar-refractivity contribution in [1.29, 1.82) is 0 Å². The van der Waals surface area contributed by atoms with Crippen LogP contribution in [0.1, 0.15) is 24.3 Å². The third kappa shape index (κ3) is 3.80. The fourth-order valence-corrected chi connectivity index (χ4v) is 3.51. The molecular formula is C17H25ClN2O2. The lowest BCUT2D eigenvalue weighted by molar-refractivity contribution is -0.131. The van der Waals surface area contributed by atoms with E-state index < -0.39 is 0 Å². The first kappa shape index (κ1) is 17.3. The van der Waals surface area contributed by atoms with Gasteiger partial charge in [-0.15, -0.1) is 12.4 Å². The lowest BCUT2D eigenvalue weighted by atomic mass is 9.89. The van der Waals surface area contributed by atoms with E-state index in [0.717, 1.165) is 32.7 Å². The lowest BCUT2D eigenvalue weighted by Crippen LogP contribution is -2.31. The van der Waals surface area contributed by atoms with E-state index >= 15 is 0 Å². The van der Waals surface area contributed by atoms with Crippen LogP contribution < -0.4 is 5.73 Å². The molecule has 2 saturated heterocycles. The molecule has 22 heavy (non-hydrogen) atoms. The van der Waals surface area contributed by atoms with Crippen molar-refractivity contribution in [2.45, 2.75) is 18.8 Å². The Hall–Kier alpha value is -1.10. The maximum absolute atomic E-state index is 12.5.